The van der Waals surface area contributed by atoms with E-state index in [9.17, 15) is 9.59 Å². The van der Waals surface area contributed by atoms with Crippen LogP contribution in [0.25, 0.3) is 0 Å². The lowest BCUT2D eigenvalue weighted by atomic mass is 9.85. The number of fused-ring (bicyclic) bond motifs is 5. The maximum atomic E-state index is 12.6. The van der Waals surface area contributed by atoms with Gasteiger partial charge in [-0.3, -0.25) is 19.5 Å². The molecule has 3 aliphatic rings. The number of carbonyl (C=O) groups is 2. The van der Waals surface area contributed by atoms with Crippen LogP contribution >= 0.6 is 24.0 Å². The molecule has 1 saturated heterocycles. The summed E-state index contributed by atoms with van der Waals surface area (Å²) in [7, 11) is 1.66. The van der Waals surface area contributed by atoms with Gasteiger partial charge in [-0.25, -0.2) is 0 Å². The third kappa shape index (κ3) is 4.21. The van der Waals surface area contributed by atoms with Crippen LogP contribution in [0.3, 0.4) is 0 Å². The average Bonchev–Trinajstić information content (AvgIpc) is 3.27. The Morgan fingerprint density at radius 2 is 1.88 bits per heavy atom. The molecule has 1 aliphatic heterocycles. The Hall–Kier alpha value is -1.16. The standard InChI is InChI=1S/C18H28N4O3.HI/c1-3-19-18(21-8-10-25-2)20-7-4-9-22-16(23)14-12-5-6-13(11-12)15(14)17(22)24;/h5-6,12-15H,3-4,7-11H2,1-2H3,(H2,19,20,21);1H. The molecule has 4 unspecified atom stereocenters. The molecule has 7 nitrogen and oxygen atoms in total. The summed E-state index contributed by atoms with van der Waals surface area (Å²) in [5, 5.41) is 6.35. The van der Waals surface area contributed by atoms with Gasteiger partial charge < -0.3 is 15.4 Å². The van der Waals surface area contributed by atoms with Crippen molar-refractivity contribution in [3.8, 4) is 0 Å². The van der Waals surface area contributed by atoms with Crippen LogP contribution in [-0.2, 0) is 14.3 Å². The molecule has 3 rings (SSSR count). The van der Waals surface area contributed by atoms with E-state index < -0.39 is 0 Å². The van der Waals surface area contributed by atoms with Gasteiger partial charge in [0.2, 0.25) is 11.8 Å². The topological polar surface area (TPSA) is 83.0 Å². The summed E-state index contributed by atoms with van der Waals surface area (Å²) in [6.45, 7) is 5.12. The summed E-state index contributed by atoms with van der Waals surface area (Å²) < 4.78 is 5.01. The highest BCUT2D eigenvalue weighted by molar-refractivity contribution is 14.0. The minimum absolute atomic E-state index is 0. The molecule has 0 radical (unpaired) electrons. The van der Waals surface area contributed by atoms with Crippen molar-refractivity contribution in [2.75, 3.05) is 39.9 Å². The first-order valence-electron chi connectivity index (χ1n) is 9.22. The second kappa shape index (κ2) is 9.68. The molecule has 8 heteroatoms. The molecular formula is C18H29IN4O3. The molecule has 0 aromatic rings. The van der Waals surface area contributed by atoms with Gasteiger partial charge in [0.15, 0.2) is 5.96 Å². The molecule has 0 aromatic heterocycles. The fourth-order valence-corrected chi connectivity index (χ4v) is 4.22. The van der Waals surface area contributed by atoms with Gasteiger partial charge in [0.1, 0.15) is 0 Å². The quantitative estimate of drug-likeness (QED) is 0.137. The zero-order chi connectivity index (χ0) is 17.8. The highest BCUT2D eigenvalue weighted by atomic mass is 127. The summed E-state index contributed by atoms with van der Waals surface area (Å²) in [5.74, 6) is 1.15. The van der Waals surface area contributed by atoms with Crippen molar-refractivity contribution in [1.29, 1.82) is 0 Å². The number of nitrogens with one attached hydrogen (secondary N) is 2. The highest BCUT2D eigenvalue weighted by Gasteiger charge is 2.58. The lowest BCUT2D eigenvalue weighted by Gasteiger charge is -2.16. The predicted octanol–water partition coefficient (Wildman–Crippen LogP) is 1.00. The van der Waals surface area contributed by atoms with E-state index in [1.807, 2.05) is 6.92 Å². The normalized spacial score (nSPS) is 29.2. The monoisotopic (exact) mass is 476 g/mol. The number of nitrogens with zero attached hydrogens (tertiary/aromatic N) is 2. The first kappa shape index (κ1) is 21.1. The van der Waals surface area contributed by atoms with Crippen LogP contribution in [-0.4, -0.2) is 62.6 Å². The third-order valence-electron chi connectivity index (χ3n) is 5.31. The van der Waals surface area contributed by atoms with Crippen LogP contribution in [0.1, 0.15) is 19.8 Å². The van der Waals surface area contributed by atoms with Gasteiger partial charge in [0, 0.05) is 33.3 Å². The first-order chi connectivity index (χ1) is 12.2. The number of imide groups is 1. The second-order valence-electron chi connectivity index (χ2n) is 6.86. The molecule has 146 valence electrons. The molecule has 4 atom stereocenters. The lowest BCUT2D eigenvalue weighted by molar-refractivity contribution is -0.140. The van der Waals surface area contributed by atoms with E-state index in [2.05, 4.69) is 27.8 Å². The number of guanidine groups is 1. The number of hydrogen-bond donors (Lipinski definition) is 2. The van der Waals surface area contributed by atoms with E-state index >= 15 is 0 Å². The van der Waals surface area contributed by atoms with Gasteiger partial charge >= 0.3 is 0 Å². The fraction of sp³-hybridized carbons (Fsp3) is 0.722. The predicted molar refractivity (Wildman–Crippen MR) is 110 cm³/mol. The number of carbonyl (C=O) groups excluding carboxylic acids is 2. The van der Waals surface area contributed by atoms with E-state index in [4.69, 9.17) is 4.74 Å². The second-order valence-corrected chi connectivity index (χ2v) is 6.86. The fourth-order valence-electron chi connectivity index (χ4n) is 4.22. The zero-order valence-electron chi connectivity index (χ0n) is 15.4. The molecule has 0 spiro atoms. The number of ether oxygens (including phenoxy) is 1. The van der Waals surface area contributed by atoms with Gasteiger partial charge in [0.25, 0.3) is 0 Å². The zero-order valence-corrected chi connectivity index (χ0v) is 17.8. The van der Waals surface area contributed by atoms with Gasteiger partial charge in [0.05, 0.1) is 18.4 Å². The smallest absolute Gasteiger partial charge is 0.233 e. The van der Waals surface area contributed by atoms with Crippen molar-refractivity contribution in [1.82, 2.24) is 15.5 Å². The Morgan fingerprint density at radius 1 is 1.23 bits per heavy atom. The minimum Gasteiger partial charge on any atom is -0.383 e. The first-order valence-corrected chi connectivity index (χ1v) is 9.22. The van der Waals surface area contributed by atoms with Gasteiger partial charge in [-0.1, -0.05) is 12.2 Å². The maximum absolute atomic E-state index is 12.6. The van der Waals surface area contributed by atoms with E-state index in [0.29, 0.717) is 32.7 Å². The average molecular weight is 476 g/mol. The number of aliphatic imine (C=N–C) groups is 1. The van der Waals surface area contributed by atoms with Crippen LogP contribution in [0.5, 0.6) is 0 Å². The van der Waals surface area contributed by atoms with E-state index in [-0.39, 0.29) is 59.5 Å². The number of amides is 2. The molecule has 2 bridgehead atoms. The highest BCUT2D eigenvalue weighted by Crippen LogP contribution is 2.52. The van der Waals surface area contributed by atoms with Gasteiger partial charge in [-0.05, 0) is 31.6 Å². The Morgan fingerprint density at radius 3 is 2.46 bits per heavy atom. The van der Waals surface area contributed by atoms with E-state index in [0.717, 1.165) is 18.9 Å². The molecule has 2 fully saturated rings. The molecule has 2 amide bonds. The molecule has 1 saturated carbocycles. The van der Waals surface area contributed by atoms with E-state index in [1.54, 1.807) is 7.11 Å². The lowest BCUT2D eigenvalue weighted by Crippen LogP contribution is -2.39. The molecule has 2 aliphatic carbocycles. The SMILES string of the molecule is CCNC(=NCCCN1C(=O)C2C3C=CC(C3)C2C1=O)NCCOC.I. The van der Waals surface area contributed by atoms with Crippen LogP contribution in [0.4, 0.5) is 0 Å². The van der Waals surface area contributed by atoms with Crippen molar-refractivity contribution in [2.24, 2.45) is 28.7 Å². The number of allylic oxidation sites excluding steroid dienone is 2. The summed E-state index contributed by atoms with van der Waals surface area (Å²) in [6, 6.07) is 0. The number of hydrogen-bond acceptors (Lipinski definition) is 4. The summed E-state index contributed by atoms with van der Waals surface area (Å²) in [6.07, 6.45) is 5.91. The van der Waals surface area contributed by atoms with Crippen molar-refractivity contribution in [3.63, 3.8) is 0 Å². The van der Waals surface area contributed by atoms with Crippen molar-refractivity contribution in [2.45, 2.75) is 19.8 Å². The van der Waals surface area contributed by atoms with Crippen LogP contribution in [0, 0.1) is 23.7 Å². The summed E-state index contributed by atoms with van der Waals surface area (Å²) >= 11 is 0. The molecular weight excluding hydrogens is 447 g/mol. The Kier molecular flexibility index (Phi) is 7.87. The number of likely N-dealkylation sites (tertiary alicyclic amines) is 1. The van der Waals surface area contributed by atoms with Crippen molar-refractivity contribution >= 4 is 41.8 Å². The van der Waals surface area contributed by atoms with Gasteiger partial charge in [-0.15, -0.1) is 24.0 Å². The Labute approximate surface area is 172 Å². The number of methoxy groups -OCH3 is 1. The number of rotatable bonds is 8. The van der Waals surface area contributed by atoms with Crippen LogP contribution in [0.2, 0.25) is 0 Å². The largest absolute Gasteiger partial charge is 0.383 e. The maximum Gasteiger partial charge on any atom is 0.233 e. The third-order valence-corrected chi connectivity index (χ3v) is 5.31. The molecule has 1 heterocycles. The summed E-state index contributed by atoms with van der Waals surface area (Å²) in [5.41, 5.74) is 0. The van der Waals surface area contributed by atoms with Crippen LogP contribution < -0.4 is 10.6 Å². The molecule has 2 N–H and O–H groups in total. The van der Waals surface area contributed by atoms with Crippen LogP contribution in [0.15, 0.2) is 17.1 Å². The molecule has 0 aromatic carbocycles. The van der Waals surface area contributed by atoms with E-state index in [1.165, 1.54) is 4.90 Å². The summed E-state index contributed by atoms with van der Waals surface area (Å²) in [4.78, 5) is 31.1. The Balaban J connectivity index is 0.00000243. The minimum atomic E-state index is -0.0981. The number of halogens is 1. The molecule has 26 heavy (non-hydrogen) atoms. The van der Waals surface area contributed by atoms with Crippen molar-refractivity contribution in [3.05, 3.63) is 12.2 Å². The van der Waals surface area contributed by atoms with Crippen molar-refractivity contribution < 1.29 is 14.3 Å². The van der Waals surface area contributed by atoms with Gasteiger partial charge in [-0.2, -0.15) is 0 Å². The Bertz CT molecular complexity index is 551.